The van der Waals surface area contributed by atoms with E-state index in [1.165, 1.54) is 11.8 Å². The number of nitrogens with one attached hydrogen (secondary N) is 1. The predicted octanol–water partition coefficient (Wildman–Crippen LogP) is 3.39. The van der Waals surface area contributed by atoms with E-state index < -0.39 is 0 Å². The molecule has 19 heavy (non-hydrogen) atoms. The number of fused-ring (bicyclic) bond motifs is 1. The number of nitrogens with two attached hydrogens (primary N) is 1. The second kappa shape index (κ2) is 4.88. The molecule has 0 aromatic carbocycles. The lowest BCUT2D eigenvalue weighted by molar-refractivity contribution is 1.11. The Morgan fingerprint density at radius 3 is 2.95 bits per heavy atom. The Labute approximate surface area is 122 Å². The molecule has 0 aliphatic heterocycles. The van der Waals surface area contributed by atoms with Crippen molar-refractivity contribution in [1.29, 1.82) is 0 Å². The Hall–Kier alpha value is -1.50. The van der Waals surface area contributed by atoms with Gasteiger partial charge in [-0.05, 0) is 6.07 Å². The van der Waals surface area contributed by atoms with Crippen LogP contribution in [0.15, 0.2) is 34.4 Å². The molecule has 0 aliphatic rings. The quantitative estimate of drug-likeness (QED) is 0.758. The molecule has 5 nitrogen and oxygen atoms in total. The Morgan fingerprint density at radius 2 is 2.11 bits per heavy atom. The Morgan fingerprint density at radius 1 is 1.26 bits per heavy atom. The molecule has 96 valence electrons. The van der Waals surface area contributed by atoms with E-state index in [1.807, 2.05) is 0 Å². The number of nitrogens with zero attached hydrogens (tertiary/aromatic N) is 3. The van der Waals surface area contributed by atoms with Gasteiger partial charge < -0.3 is 10.7 Å². The maximum atomic E-state index is 6.08. The molecule has 0 saturated heterocycles. The van der Waals surface area contributed by atoms with Gasteiger partial charge in [0.15, 0.2) is 5.65 Å². The van der Waals surface area contributed by atoms with Crippen LogP contribution in [0.2, 0.25) is 10.2 Å². The number of pyridine rings is 1. The summed E-state index contributed by atoms with van der Waals surface area (Å²) in [6.07, 6.45) is 3.25. The molecule has 3 N–H and O–H groups in total. The number of hydrogen-bond donors (Lipinski definition) is 2. The number of halogens is 2. The fraction of sp³-hybridized carbons (Fsp3) is 0. The first kappa shape index (κ1) is 12.5. The van der Waals surface area contributed by atoms with Crippen LogP contribution in [0.5, 0.6) is 0 Å². The fourth-order valence-corrected chi connectivity index (χ4v) is 2.75. The fourth-order valence-electron chi connectivity index (χ4n) is 1.53. The van der Waals surface area contributed by atoms with E-state index in [0.717, 1.165) is 4.90 Å². The molecule has 3 heterocycles. The van der Waals surface area contributed by atoms with Gasteiger partial charge >= 0.3 is 0 Å². The van der Waals surface area contributed by atoms with Gasteiger partial charge in [-0.2, -0.15) is 0 Å². The molecule has 0 amide bonds. The zero-order chi connectivity index (χ0) is 13.4. The normalized spacial score (nSPS) is 11.1. The molecule has 3 aromatic heterocycles. The first-order valence-corrected chi connectivity index (χ1v) is 6.80. The van der Waals surface area contributed by atoms with Crippen molar-refractivity contribution >= 4 is 51.9 Å². The number of hydrogen-bond acceptors (Lipinski definition) is 5. The van der Waals surface area contributed by atoms with E-state index in [9.17, 15) is 0 Å². The molecule has 0 radical (unpaired) electrons. The molecule has 0 atom stereocenters. The van der Waals surface area contributed by atoms with Crippen molar-refractivity contribution in [2.75, 3.05) is 5.73 Å². The summed E-state index contributed by atoms with van der Waals surface area (Å²) in [6, 6.07) is 3.50. The number of aromatic nitrogens is 4. The third kappa shape index (κ3) is 2.47. The minimum Gasteiger partial charge on any atom is -0.382 e. The number of H-pyrrole nitrogens is 1. The van der Waals surface area contributed by atoms with Crippen LogP contribution in [-0.4, -0.2) is 19.9 Å². The van der Waals surface area contributed by atoms with Crippen LogP contribution in [0.1, 0.15) is 0 Å². The van der Waals surface area contributed by atoms with E-state index in [0.29, 0.717) is 32.2 Å². The van der Waals surface area contributed by atoms with Crippen molar-refractivity contribution in [3.63, 3.8) is 0 Å². The Bertz CT molecular complexity index is 758. The van der Waals surface area contributed by atoms with Crippen LogP contribution >= 0.6 is 35.0 Å². The van der Waals surface area contributed by atoms with Gasteiger partial charge in [-0.15, -0.1) is 0 Å². The van der Waals surface area contributed by atoms with E-state index >= 15 is 0 Å². The average Bonchev–Trinajstić information content (AvgIpc) is 2.74. The largest absolute Gasteiger partial charge is 0.382 e. The second-order valence-electron chi connectivity index (χ2n) is 3.67. The molecule has 0 saturated carbocycles. The van der Waals surface area contributed by atoms with Gasteiger partial charge in [0.25, 0.3) is 0 Å². The van der Waals surface area contributed by atoms with Gasteiger partial charge in [-0.25, -0.2) is 15.0 Å². The highest BCUT2D eigenvalue weighted by atomic mass is 35.5. The summed E-state index contributed by atoms with van der Waals surface area (Å²) in [5, 5.41) is 1.63. The van der Waals surface area contributed by atoms with Gasteiger partial charge in [0, 0.05) is 17.2 Å². The van der Waals surface area contributed by atoms with Gasteiger partial charge in [0.05, 0.1) is 11.2 Å². The summed E-state index contributed by atoms with van der Waals surface area (Å²) < 4.78 is 0. The number of aromatic amines is 1. The van der Waals surface area contributed by atoms with Crippen LogP contribution in [-0.2, 0) is 0 Å². The maximum absolute atomic E-state index is 6.08. The van der Waals surface area contributed by atoms with Crippen LogP contribution in [0, 0.1) is 0 Å². The van der Waals surface area contributed by atoms with Crippen molar-refractivity contribution in [2.24, 2.45) is 0 Å². The van der Waals surface area contributed by atoms with Crippen molar-refractivity contribution in [3.8, 4) is 0 Å². The minimum atomic E-state index is 0.297. The molecular formula is C11H7Cl2N5S. The first-order valence-electron chi connectivity index (χ1n) is 5.22. The summed E-state index contributed by atoms with van der Waals surface area (Å²) in [7, 11) is 0. The lowest BCUT2D eigenvalue weighted by Crippen LogP contribution is -1.92. The smallest absolute Gasteiger partial charge is 0.157 e. The Balaban J connectivity index is 1.98. The standard InChI is InChI=1S/C11H7Cl2N5S/c12-7-3-5-11(18-7)16-4-8(17-5)19-6-1-2-15-10(14)9(6)13/h1-4H,(H2,14,15)(H,16,18). The molecule has 0 spiro atoms. The Kier molecular flexibility index (Phi) is 3.22. The third-order valence-corrected chi connectivity index (χ3v) is 4.05. The second-order valence-corrected chi connectivity index (χ2v) is 5.52. The average molecular weight is 312 g/mol. The molecule has 0 unspecified atom stereocenters. The van der Waals surface area contributed by atoms with Gasteiger partial charge in [-0.3, -0.25) is 0 Å². The van der Waals surface area contributed by atoms with Gasteiger partial charge in [0.2, 0.25) is 0 Å². The number of rotatable bonds is 2. The summed E-state index contributed by atoms with van der Waals surface area (Å²) in [5.41, 5.74) is 7.00. The van der Waals surface area contributed by atoms with Crippen molar-refractivity contribution in [1.82, 2.24) is 19.9 Å². The van der Waals surface area contributed by atoms with Crippen LogP contribution in [0.4, 0.5) is 5.82 Å². The third-order valence-electron chi connectivity index (χ3n) is 2.37. The van der Waals surface area contributed by atoms with E-state index in [2.05, 4.69) is 19.9 Å². The topological polar surface area (TPSA) is 80.5 Å². The molecule has 0 aliphatic carbocycles. The molecular weight excluding hydrogens is 305 g/mol. The summed E-state index contributed by atoms with van der Waals surface area (Å²) in [5.74, 6) is 0.297. The molecule has 3 aromatic rings. The number of anilines is 1. The zero-order valence-electron chi connectivity index (χ0n) is 9.39. The maximum Gasteiger partial charge on any atom is 0.157 e. The zero-order valence-corrected chi connectivity index (χ0v) is 11.7. The lowest BCUT2D eigenvalue weighted by Gasteiger charge is -2.04. The highest BCUT2D eigenvalue weighted by Gasteiger charge is 2.09. The SMILES string of the molecule is Nc1nccc(Sc2cnc3[nH]c(Cl)cc3n2)c1Cl. The van der Waals surface area contributed by atoms with Crippen LogP contribution in [0.3, 0.4) is 0 Å². The lowest BCUT2D eigenvalue weighted by atomic mass is 10.5. The highest BCUT2D eigenvalue weighted by Crippen LogP contribution is 2.34. The van der Waals surface area contributed by atoms with E-state index in [-0.39, 0.29) is 0 Å². The predicted molar refractivity (Wildman–Crippen MR) is 76.7 cm³/mol. The molecule has 8 heteroatoms. The monoisotopic (exact) mass is 311 g/mol. The van der Waals surface area contributed by atoms with Crippen LogP contribution < -0.4 is 5.73 Å². The highest BCUT2D eigenvalue weighted by molar-refractivity contribution is 7.99. The number of nitrogen functional groups attached to an aromatic ring is 1. The first-order chi connectivity index (χ1) is 9.13. The van der Waals surface area contributed by atoms with Crippen molar-refractivity contribution < 1.29 is 0 Å². The summed E-state index contributed by atoms with van der Waals surface area (Å²) in [6.45, 7) is 0. The van der Waals surface area contributed by atoms with Crippen molar-refractivity contribution in [2.45, 2.75) is 9.92 Å². The van der Waals surface area contributed by atoms with Gasteiger partial charge in [0.1, 0.15) is 21.5 Å². The van der Waals surface area contributed by atoms with Gasteiger partial charge in [-0.1, -0.05) is 35.0 Å². The summed E-state index contributed by atoms with van der Waals surface area (Å²) >= 11 is 13.3. The van der Waals surface area contributed by atoms with Crippen molar-refractivity contribution in [3.05, 3.63) is 34.7 Å². The van der Waals surface area contributed by atoms with E-state index in [1.54, 1.807) is 24.5 Å². The summed E-state index contributed by atoms with van der Waals surface area (Å²) in [4.78, 5) is 16.3. The molecule has 3 rings (SSSR count). The van der Waals surface area contributed by atoms with Crippen LogP contribution in [0.25, 0.3) is 11.2 Å². The van der Waals surface area contributed by atoms with E-state index in [4.69, 9.17) is 28.9 Å². The molecule has 0 fully saturated rings. The molecule has 0 bridgehead atoms. The minimum absolute atomic E-state index is 0.297.